The molecule has 0 aliphatic carbocycles. The molecule has 1 amide bonds. The number of methoxy groups -OCH3 is 1. The van der Waals surface area contributed by atoms with Gasteiger partial charge in [0.25, 0.3) is 5.91 Å². The van der Waals surface area contributed by atoms with Crippen molar-refractivity contribution < 1.29 is 24.5 Å². The van der Waals surface area contributed by atoms with Crippen LogP contribution in [0.25, 0.3) is 16.8 Å². The van der Waals surface area contributed by atoms with E-state index in [-0.39, 0.29) is 12.5 Å². The molecule has 1 fully saturated rings. The molecular weight excluding hydrogens is 412 g/mol. The second-order valence-electron chi connectivity index (χ2n) is 6.68. The number of imidazole rings is 1. The van der Waals surface area contributed by atoms with Crippen molar-refractivity contribution in [1.29, 1.82) is 0 Å². The lowest BCUT2D eigenvalue weighted by atomic mass is 10.1. The van der Waals surface area contributed by atoms with Crippen LogP contribution in [0.2, 0.25) is 0 Å². The van der Waals surface area contributed by atoms with Crippen LogP contribution in [0.5, 0.6) is 5.75 Å². The third kappa shape index (κ3) is 5.76. The fraction of sp³-hybridized carbons (Fsp3) is 0.391. The molecule has 3 heterocycles. The predicted molar refractivity (Wildman–Crippen MR) is 124 cm³/mol. The zero-order valence-corrected chi connectivity index (χ0v) is 19.0. The number of fused-ring (bicyclic) bond motifs is 1. The Bertz CT molecular complexity index is 999. The summed E-state index contributed by atoms with van der Waals surface area (Å²) in [5, 5.41) is 17.7. The second kappa shape index (κ2) is 12.7. The molecule has 0 unspecified atom stereocenters. The van der Waals surface area contributed by atoms with Gasteiger partial charge in [0, 0.05) is 40.1 Å². The van der Waals surface area contributed by atoms with Crippen molar-refractivity contribution >= 4 is 17.2 Å². The van der Waals surface area contributed by atoms with Gasteiger partial charge in [-0.15, -0.1) is 0 Å². The Morgan fingerprint density at radius 3 is 2.47 bits per heavy atom. The molecule has 3 N–H and O–H groups in total. The highest BCUT2D eigenvalue weighted by Gasteiger charge is 2.21. The van der Waals surface area contributed by atoms with Gasteiger partial charge in [-0.05, 0) is 42.3 Å². The van der Waals surface area contributed by atoms with Crippen LogP contribution >= 0.6 is 0 Å². The lowest BCUT2D eigenvalue weighted by Gasteiger charge is -2.26. The molecule has 2 aromatic heterocycles. The summed E-state index contributed by atoms with van der Waals surface area (Å²) in [7, 11) is 4.51. The first kappa shape index (κ1) is 25.1. The average molecular weight is 445 g/mol. The number of aliphatic hydroxyl groups is 2. The van der Waals surface area contributed by atoms with Crippen LogP contribution in [0, 0.1) is 0 Å². The van der Waals surface area contributed by atoms with E-state index in [1.54, 1.807) is 20.2 Å². The minimum absolute atomic E-state index is 0.0198. The number of aromatic nitrogens is 2. The van der Waals surface area contributed by atoms with E-state index < -0.39 is 0 Å². The maximum atomic E-state index is 12.9. The molecule has 3 aromatic rings. The van der Waals surface area contributed by atoms with Crippen LogP contribution in [-0.2, 0) is 4.74 Å². The first-order valence-electron chi connectivity index (χ1n) is 10.4. The minimum atomic E-state index is -0.0198. The Morgan fingerprint density at radius 2 is 1.84 bits per heavy atom. The molecule has 0 bridgehead atoms. The summed E-state index contributed by atoms with van der Waals surface area (Å²) in [6.07, 6.45) is 3.60. The van der Waals surface area contributed by atoms with E-state index in [1.165, 1.54) is 0 Å². The predicted octanol–water partition coefficient (Wildman–Crippen LogP) is 2.13. The molecule has 9 heteroatoms. The summed E-state index contributed by atoms with van der Waals surface area (Å²) in [6, 6.07) is 9.89. The number of nitrogens with zero attached hydrogens (tertiary/aromatic N) is 3. The van der Waals surface area contributed by atoms with Gasteiger partial charge in [-0.1, -0.05) is 6.07 Å². The smallest absolute Gasteiger partial charge is 0.272 e. The van der Waals surface area contributed by atoms with Gasteiger partial charge in [0.15, 0.2) is 0 Å². The monoisotopic (exact) mass is 444 g/mol. The Balaban J connectivity index is 0.000000671. The Labute approximate surface area is 188 Å². The molecular formula is C23H32N4O5. The van der Waals surface area contributed by atoms with E-state index in [0.29, 0.717) is 32.0 Å². The number of morpholine rings is 1. The number of ether oxygens (including phenoxy) is 2. The van der Waals surface area contributed by atoms with Crippen LogP contribution < -0.4 is 10.1 Å². The van der Waals surface area contributed by atoms with Crippen molar-refractivity contribution in [2.75, 3.05) is 59.5 Å². The summed E-state index contributed by atoms with van der Waals surface area (Å²) >= 11 is 0. The molecule has 174 valence electrons. The lowest BCUT2D eigenvalue weighted by molar-refractivity contribution is 0.0298. The van der Waals surface area contributed by atoms with Gasteiger partial charge in [-0.25, -0.2) is 4.98 Å². The number of anilines is 1. The van der Waals surface area contributed by atoms with E-state index >= 15 is 0 Å². The first-order valence-corrected chi connectivity index (χ1v) is 10.4. The summed E-state index contributed by atoms with van der Waals surface area (Å²) in [5.74, 6) is 0.765. The molecule has 0 spiro atoms. The molecule has 32 heavy (non-hydrogen) atoms. The largest absolute Gasteiger partial charge is 0.495 e. The Hall–Kier alpha value is -3.14. The van der Waals surface area contributed by atoms with Crippen LogP contribution in [0.1, 0.15) is 17.4 Å². The Morgan fingerprint density at radius 1 is 1.19 bits per heavy atom. The topological polar surface area (TPSA) is 109 Å². The summed E-state index contributed by atoms with van der Waals surface area (Å²) < 4.78 is 12.6. The highest BCUT2D eigenvalue weighted by molar-refractivity contribution is 5.93. The van der Waals surface area contributed by atoms with Crippen molar-refractivity contribution in [1.82, 2.24) is 14.3 Å². The lowest BCUT2D eigenvalue weighted by Crippen LogP contribution is -2.41. The van der Waals surface area contributed by atoms with E-state index in [2.05, 4.69) is 10.3 Å². The van der Waals surface area contributed by atoms with Crippen molar-refractivity contribution in [3.8, 4) is 16.9 Å². The minimum Gasteiger partial charge on any atom is -0.495 e. The first-order chi connectivity index (χ1) is 15.6. The van der Waals surface area contributed by atoms with Crippen molar-refractivity contribution in [3.05, 3.63) is 48.4 Å². The molecule has 0 saturated carbocycles. The number of hydrogen-bond donors (Lipinski definition) is 3. The molecule has 1 saturated heterocycles. The molecule has 0 atom stereocenters. The van der Waals surface area contributed by atoms with Gasteiger partial charge >= 0.3 is 0 Å². The molecule has 9 nitrogen and oxygen atoms in total. The van der Waals surface area contributed by atoms with Gasteiger partial charge in [-0.2, -0.15) is 0 Å². The number of carbonyl (C=O) groups is 1. The van der Waals surface area contributed by atoms with Crippen LogP contribution in [0.15, 0.2) is 42.7 Å². The van der Waals surface area contributed by atoms with Gasteiger partial charge in [0.1, 0.15) is 17.1 Å². The Kier molecular flexibility index (Phi) is 9.93. The number of amides is 1. The van der Waals surface area contributed by atoms with Gasteiger partial charge in [-0.3, -0.25) is 9.20 Å². The molecule has 1 aromatic carbocycles. The second-order valence-corrected chi connectivity index (χ2v) is 6.68. The number of nitrogens with one attached hydrogen (secondary N) is 1. The fourth-order valence-electron chi connectivity index (χ4n) is 3.32. The standard InChI is InChI=1S/C20H22N4O3.C2H6O.CH4O/c1-21-16-11-14(3-5-18(16)26-2)15-4-6-19-22-12-17(24(19)13-15)20(25)23-7-9-27-10-8-23;1-2-3;1-2/h3-6,11-13,21H,7-10H2,1-2H3;3H,2H2,1H3;2H,1H3. The quantitative estimate of drug-likeness (QED) is 0.566. The third-order valence-electron chi connectivity index (χ3n) is 4.83. The SMILES string of the molecule is CCO.CNc1cc(-c2ccc3ncc(C(=O)N4CCOCC4)n3c2)ccc1OC.CO. The summed E-state index contributed by atoms with van der Waals surface area (Å²) in [5.41, 5.74) is 4.25. The van der Waals surface area contributed by atoms with Crippen molar-refractivity contribution in [3.63, 3.8) is 0 Å². The van der Waals surface area contributed by atoms with E-state index in [4.69, 9.17) is 19.7 Å². The molecule has 1 aliphatic heterocycles. The number of carbonyl (C=O) groups excluding carboxylic acids is 1. The van der Waals surface area contributed by atoms with E-state index in [0.717, 1.165) is 35.3 Å². The third-order valence-corrected chi connectivity index (χ3v) is 4.83. The normalized spacial score (nSPS) is 12.9. The van der Waals surface area contributed by atoms with E-state index in [9.17, 15) is 4.79 Å². The summed E-state index contributed by atoms with van der Waals surface area (Å²) in [4.78, 5) is 19.1. The molecule has 1 aliphatic rings. The molecule has 4 rings (SSSR count). The number of pyridine rings is 1. The fourth-order valence-corrected chi connectivity index (χ4v) is 3.32. The van der Waals surface area contributed by atoms with Gasteiger partial charge in [0.2, 0.25) is 0 Å². The summed E-state index contributed by atoms with van der Waals surface area (Å²) in [6.45, 7) is 4.30. The zero-order valence-electron chi connectivity index (χ0n) is 19.0. The highest BCUT2D eigenvalue weighted by atomic mass is 16.5. The number of aliphatic hydroxyl groups excluding tert-OH is 2. The van der Waals surface area contributed by atoms with Crippen LogP contribution in [0.4, 0.5) is 5.69 Å². The number of benzene rings is 1. The van der Waals surface area contributed by atoms with Crippen molar-refractivity contribution in [2.45, 2.75) is 6.92 Å². The van der Waals surface area contributed by atoms with Crippen LogP contribution in [-0.4, -0.2) is 84.6 Å². The van der Waals surface area contributed by atoms with Gasteiger partial charge < -0.3 is 29.9 Å². The van der Waals surface area contributed by atoms with Gasteiger partial charge in [0.05, 0.1) is 32.2 Å². The zero-order chi connectivity index (χ0) is 23.5. The molecule has 0 radical (unpaired) electrons. The van der Waals surface area contributed by atoms with Crippen molar-refractivity contribution in [2.24, 2.45) is 0 Å². The highest BCUT2D eigenvalue weighted by Crippen LogP contribution is 2.30. The van der Waals surface area contributed by atoms with Crippen LogP contribution in [0.3, 0.4) is 0 Å². The maximum absolute atomic E-state index is 12.9. The maximum Gasteiger partial charge on any atom is 0.272 e. The number of hydrogen-bond acceptors (Lipinski definition) is 7. The number of rotatable bonds is 4. The van der Waals surface area contributed by atoms with E-state index in [1.807, 2.05) is 52.9 Å². The average Bonchev–Trinajstić information content (AvgIpc) is 3.28.